The van der Waals surface area contributed by atoms with Crippen molar-refractivity contribution in [3.8, 4) is 0 Å². The number of rotatable bonds is 29. The molecule has 0 saturated carbocycles. The molecule has 31 heteroatoms. The third-order valence-corrected chi connectivity index (χ3v) is 9.25. The minimum Gasteiger partial charge on any atom is -0.462 e. The van der Waals surface area contributed by atoms with Gasteiger partial charge in [0.25, 0.3) is 17.8 Å². The highest BCUT2D eigenvalue weighted by atomic mass is 19.4. The summed E-state index contributed by atoms with van der Waals surface area (Å²) in [5.74, 6) is -37.1. The molecule has 0 aromatic rings. The molecule has 0 aliphatic rings. The van der Waals surface area contributed by atoms with Crippen LogP contribution in [0.4, 0.5) is 83.4 Å². The van der Waals surface area contributed by atoms with E-state index in [9.17, 15) is 112 Å². The van der Waals surface area contributed by atoms with E-state index in [1.807, 2.05) is 0 Å². The van der Waals surface area contributed by atoms with Crippen molar-refractivity contribution in [3.63, 3.8) is 0 Å². The Labute approximate surface area is 400 Å². The molecule has 72 heavy (non-hydrogen) atoms. The van der Waals surface area contributed by atoms with Crippen molar-refractivity contribution in [1.29, 1.82) is 0 Å². The second kappa shape index (κ2) is 30.0. The van der Waals surface area contributed by atoms with Gasteiger partial charge in [-0.1, -0.05) is 27.7 Å². The monoisotopic (exact) mass is 1100 g/mol. The molecule has 0 N–H and O–H groups in total. The van der Waals surface area contributed by atoms with E-state index in [0.717, 1.165) is 0 Å². The summed E-state index contributed by atoms with van der Waals surface area (Å²) >= 11 is 0. The fourth-order valence-electron chi connectivity index (χ4n) is 4.26. The fraction of sp³-hybridized carbons (Fsp3) is 0.854. The van der Waals surface area contributed by atoms with Crippen molar-refractivity contribution in [2.45, 2.75) is 168 Å². The quantitative estimate of drug-likeness (QED) is 0.0303. The molecule has 0 aromatic carbocycles. The van der Waals surface area contributed by atoms with Gasteiger partial charge in [0.2, 0.25) is 12.9 Å². The van der Waals surface area contributed by atoms with Crippen LogP contribution in [0.5, 0.6) is 0 Å². The Morgan fingerprint density at radius 1 is 0.389 bits per heavy atom. The van der Waals surface area contributed by atoms with Crippen LogP contribution in [0, 0.1) is 16.7 Å². The molecule has 1 unspecified atom stereocenters. The molecule has 0 radical (unpaired) electrons. The third-order valence-electron chi connectivity index (χ3n) is 9.25. The van der Waals surface area contributed by atoms with Crippen LogP contribution in [0.1, 0.15) is 113 Å². The summed E-state index contributed by atoms with van der Waals surface area (Å²) in [5.41, 5.74) is -1.67. The Morgan fingerprint density at radius 3 is 0.875 bits per heavy atom. The number of hydrogen-bond acceptors (Lipinski definition) is 12. The van der Waals surface area contributed by atoms with Gasteiger partial charge in [-0.3, -0.25) is 14.4 Å². The smallest absolute Gasteiger partial charge is 0.394 e. The molecule has 0 saturated heterocycles. The predicted molar refractivity (Wildman–Crippen MR) is 209 cm³/mol. The van der Waals surface area contributed by atoms with Crippen LogP contribution in [-0.2, 0) is 57.2 Å². The zero-order chi connectivity index (χ0) is 57.5. The molecule has 0 aliphatic carbocycles. The van der Waals surface area contributed by atoms with E-state index >= 15 is 0 Å². The number of alkyl halides is 19. The van der Waals surface area contributed by atoms with E-state index in [2.05, 4.69) is 23.7 Å². The molecular formula is C41H57F19O12. The number of carbonyl (C=O) groups excluding carboxylic acids is 6. The Balaban J connectivity index is -0.000000993. The third kappa shape index (κ3) is 31.8. The van der Waals surface area contributed by atoms with E-state index in [0.29, 0.717) is 19.3 Å². The summed E-state index contributed by atoms with van der Waals surface area (Å²) in [6.45, 7) is 8.98. The van der Waals surface area contributed by atoms with Crippen molar-refractivity contribution in [2.75, 3.05) is 39.6 Å². The van der Waals surface area contributed by atoms with Gasteiger partial charge in [-0.2, -0.15) is 39.5 Å². The summed E-state index contributed by atoms with van der Waals surface area (Å²) in [6, 6.07) is 0. The van der Waals surface area contributed by atoms with E-state index in [-0.39, 0.29) is 0 Å². The van der Waals surface area contributed by atoms with E-state index in [1.54, 1.807) is 55.4 Å². The zero-order valence-electron chi connectivity index (χ0n) is 39.9. The summed E-state index contributed by atoms with van der Waals surface area (Å²) in [5, 5.41) is 0. The minimum absolute atomic E-state index is 0.415. The standard InChI is InChI=1S/C14H19F7O4.C14H20F6O4.C13H18F6O4/c1-4-11(2,3)9(22)24-5-6-25-10(23)13(17,18)7-12(15,16)8-14(19,20)21;1-4-12(2,3)10(21)23-5-6-24-11(22)14(19,20)8-13(17,18)7-9(15)16;1-3-8(2)10(20)22-4-5-23-11(21)13(18,19)7-12(16,17)6-9(14)15/h4-8H2,1-3H3;9H,4-8H2,1-3H3;8-9H,3-7H2,1-2H3. The van der Waals surface area contributed by atoms with Crippen LogP contribution in [0.2, 0.25) is 0 Å². The maximum atomic E-state index is 13.3. The normalized spacial score (nSPS) is 13.5. The molecule has 0 bridgehead atoms. The van der Waals surface area contributed by atoms with Gasteiger partial charge in [0.1, 0.15) is 46.1 Å². The van der Waals surface area contributed by atoms with Gasteiger partial charge in [-0.05, 0) is 47.0 Å². The van der Waals surface area contributed by atoms with E-state index < -0.39 is 185 Å². The molecule has 0 fully saturated rings. The summed E-state index contributed by atoms with van der Waals surface area (Å²) in [4.78, 5) is 67.5. The Bertz CT molecular complexity index is 1690. The lowest BCUT2D eigenvalue weighted by Crippen LogP contribution is -2.40. The fourth-order valence-corrected chi connectivity index (χ4v) is 4.26. The van der Waals surface area contributed by atoms with Gasteiger partial charge in [-0.15, -0.1) is 0 Å². The molecule has 0 aromatic heterocycles. The van der Waals surface area contributed by atoms with Crippen molar-refractivity contribution >= 4 is 35.8 Å². The highest BCUT2D eigenvalue weighted by Gasteiger charge is 2.55. The lowest BCUT2D eigenvalue weighted by atomic mass is 9.91. The molecule has 0 amide bonds. The predicted octanol–water partition coefficient (Wildman–Crippen LogP) is 11.4. The van der Waals surface area contributed by atoms with Crippen molar-refractivity contribution in [3.05, 3.63) is 0 Å². The van der Waals surface area contributed by atoms with Gasteiger partial charge in [0, 0.05) is 0 Å². The maximum absolute atomic E-state index is 13.3. The molecule has 12 nitrogen and oxygen atoms in total. The first-order chi connectivity index (χ1) is 32.2. The first-order valence-electron chi connectivity index (χ1n) is 21.1. The molecule has 0 heterocycles. The largest absolute Gasteiger partial charge is 0.462 e. The summed E-state index contributed by atoms with van der Waals surface area (Å²) in [7, 11) is 0. The van der Waals surface area contributed by atoms with E-state index in [4.69, 9.17) is 4.74 Å². The van der Waals surface area contributed by atoms with Gasteiger partial charge in [0.05, 0.1) is 48.9 Å². The zero-order valence-corrected chi connectivity index (χ0v) is 39.9. The van der Waals surface area contributed by atoms with Crippen LogP contribution in [0.3, 0.4) is 0 Å². The number of halogens is 19. The van der Waals surface area contributed by atoms with Crippen molar-refractivity contribution < 1.29 is 141 Å². The molecule has 0 rings (SSSR count). The Hall–Kier alpha value is -4.51. The van der Waals surface area contributed by atoms with Crippen molar-refractivity contribution in [2.24, 2.45) is 16.7 Å². The number of hydrogen-bond donors (Lipinski definition) is 0. The average Bonchev–Trinajstić information content (AvgIpc) is 3.18. The lowest BCUT2D eigenvalue weighted by Gasteiger charge is -2.23. The van der Waals surface area contributed by atoms with Crippen LogP contribution in [0.15, 0.2) is 0 Å². The number of ether oxygens (including phenoxy) is 6. The Morgan fingerprint density at radius 2 is 0.639 bits per heavy atom. The minimum atomic E-state index is -5.37. The lowest BCUT2D eigenvalue weighted by molar-refractivity contribution is -0.214. The first-order valence-corrected chi connectivity index (χ1v) is 21.1. The summed E-state index contributed by atoms with van der Waals surface area (Å²) in [6.07, 6.45) is -25.4. The second-order valence-electron chi connectivity index (χ2n) is 16.8. The van der Waals surface area contributed by atoms with Gasteiger partial charge < -0.3 is 28.4 Å². The van der Waals surface area contributed by atoms with Crippen LogP contribution >= 0.6 is 0 Å². The molecule has 1 atom stereocenters. The van der Waals surface area contributed by atoms with Gasteiger partial charge >= 0.3 is 59.8 Å². The number of esters is 6. The topological polar surface area (TPSA) is 158 Å². The van der Waals surface area contributed by atoms with Crippen LogP contribution in [0.25, 0.3) is 0 Å². The molecular weight excluding hydrogens is 1050 g/mol. The SMILES string of the molecule is CCC(C)(C)C(=O)OCCOC(=O)C(F)(F)CC(F)(F)CC(F)(F)F.CCC(C)(C)C(=O)OCCOC(=O)C(F)(F)CC(F)(F)CC(F)F.CCC(C)C(=O)OCCOC(=O)C(F)(F)CC(F)(F)CC(F)F. The molecule has 426 valence electrons. The average molecular weight is 1100 g/mol. The molecule has 0 aliphatic heterocycles. The Kier molecular flexibility index (Phi) is 29.9. The molecule has 0 spiro atoms. The van der Waals surface area contributed by atoms with Crippen LogP contribution in [-0.4, -0.2) is 130 Å². The van der Waals surface area contributed by atoms with E-state index in [1.165, 1.54) is 0 Å². The van der Waals surface area contributed by atoms with Crippen molar-refractivity contribution in [1.82, 2.24) is 0 Å². The summed E-state index contributed by atoms with van der Waals surface area (Å²) < 4.78 is 266. The number of carbonyl (C=O) groups is 6. The second-order valence-corrected chi connectivity index (χ2v) is 16.8. The van der Waals surface area contributed by atoms with Crippen LogP contribution < -0.4 is 0 Å². The first kappa shape index (κ1) is 71.7. The maximum Gasteiger partial charge on any atom is 0.394 e. The van der Waals surface area contributed by atoms with Gasteiger partial charge in [-0.25, -0.2) is 58.3 Å². The highest BCUT2D eigenvalue weighted by molar-refractivity contribution is 5.79. The highest BCUT2D eigenvalue weighted by Crippen LogP contribution is 2.40. The van der Waals surface area contributed by atoms with Gasteiger partial charge in [0.15, 0.2) is 0 Å².